The number of hydrogen-bond donors (Lipinski definition) is 0. The van der Waals surface area contributed by atoms with E-state index in [2.05, 4.69) is 56.0 Å². The third-order valence-corrected chi connectivity index (χ3v) is 5.15. The van der Waals surface area contributed by atoms with Gasteiger partial charge in [-0.05, 0) is 67.6 Å². The molecule has 0 heterocycles. The Labute approximate surface area is 170 Å². The SMILES string of the molecule is CC(Cc1ccc(OCCN(C)C)cc1)CC(C=O)c1ccccc1C(C)C. The molecule has 0 saturated carbocycles. The predicted octanol–water partition coefficient (Wildman–Crippen LogP) is 5.30. The van der Waals surface area contributed by atoms with E-state index in [1.807, 2.05) is 32.3 Å². The highest BCUT2D eigenvalue weighted by Gasteiger charge is 2.19. The van der Waals surface area contributed by atoms with Gasteiger partial charge in [0.1, 0.15) is 18.6 Å². The Balaban J connectivity index is 1.95. The maximum atomic E-state index is 11.8. The molecule has 152 valence electrons. The minimum atomic E-state index is -0.0396. The van der Waals surface area contributed by atoms with Gasteiger partial charge in [0.05, 0.1) is 0 Å². The molecule has 2 aromatic carbocycles. The van der Waals surface area contributed by atoms with E-state index >= 15 is 0 Å². The fourth-order valence-electron chi connectivity index (χ4n) is 3.62. The number of benzene rings is 2. The number of rotatable bonds is 11. The summed E-state index contributed by atoms with van der Waals surface area (Å²) in [7, 11) is 4.08. The fourth-order valence-corrected chi connectivity index (χ4v) is 3.62. The molecule has 0 saturated heterocycles. The Kier molecular flexibility index (Phi) is 8.72. The predicted molar refractivity (Wildman–Crippen MR) is 117 cm³/mol. The summed E-state index contributed by atoms with van der Waals surface area (Å²) >= 11 is 0. The number of carbonyl (C=O) groups is 1. The second-order valence-electron chi connectivity index (χ2n) is 8.37. The minimum absolute atomic E-state index is 0.0396. The standard InChI is InChI=1S/C25H35NO2/c1-19(2)24-8-6-7-9-25(24)22(18-27)17-20(3)16-21-10-12-23(13-11-21)28-15-14-26(4)5/h6-13,18-20,22H,14-17H2,1-5H3. The molecule has 0 fully saturated rings. The van der Waals surface area contributed by atoms with E-state index in [1.54, 1.807) is 0 Å². The zero-order valence-electron chi connectivity index (χ0n) is 18.0. The molecule has 0 aliphatic rings. The lowest BCUT2D eigenvalue weighted by atomic mass is 9.83. The third-order valence-electron chi connectivity index (χ3n) is 5.15. The number of likely N-dealkylation sites (N-methyl/N-ethyl adjacent to an activating group) is 1. The summed E-state index contributed by atoms with van der Waals surface area (Å²) in [6.07, 6.45) is 2.96. The van der Waals surface area contributed by atoms with Gasteiger partial charge in [-0.25, -0.2) is 0 Å². The van der Waals surface area contributed by atoms with Gasteiger partial charge < -0.3 is 14.4 Å². The van der Waals surface area contributed by atoms with Crippen molar-refractivity contribution in [3.63, 3.8) is 0 Å². The third kappa shape index (κ3) is 6.79. The smallest absolute Gasteiger partial charge is 0.127 e. The lowest BCUT2D eigenvalue weighted by Gasteiger charge is -2.21. The molecule has 0 radical (unpaired) electrons. The van der Waals surface area contributed by atoms with Crippen molar-refractivity contribution >= 4 is 6.29 Å². The number of nitrogens with zero attached hydrogens (tertiary/aromatic N) is 1. The van der Waals surface area contributed by atoms with Gasteiger partial charge in [-0.2, -0.15) is 0 Å². The molecule has 2 rings (SSSR count). The summed E-state index contributed by atoms with van der Waals surface area (Å²) in [6, 6.07) is 16.7. The Morgan fingerprint density at radius 3 is 2.18 bits per heavy atom. The van der Waals surface area contributed by atoms with E-state index in [9.17, 15) is 4.79 Å². The highest BCUT2D eigenvalue weighted by Crippen LogP contribution is 2.30. The summed E-state index contributed by atoms with van der Waals surface area (Å²) < 4.78 is 5.76. The van der Waals surface area contributed by atoms with E-state index in [1.165, 1.54) is 16.7 Å². The van der Waals surface area contributed by atoms with Gasteiger partial charge in [-0.15, -0.1) is 0 Å². The lowest BCUT2D eigenvalue weighted by molar-refractivity contribution is -0.109. The zero-order chi connectivity index (χ0) is 20.5. The zero-order valence-corrected chi connectivity index (χ0v) is 18.0. The lowest BCUT2D eigenvalue weighted by Crippen LogP contribution is -2.19. The van der Waals surface area contributed by atoms with Crippen LogP contribution in [0.25, 0.3) is 0 Å². The molecule has 0 aliphatic carbocycles. The first-order chi connectivity index (χ1) is 13.4. The van der Waals surface area contributed by atoms with Crippen LogP contribution in [-0.2, 0) is 11.2 Å². The minimum Gasteiger partial charge on any atom is -0.492 e. The van der Waals surface area contributed by atoms with Gasteiger partial charge in [0.2, 0.25) is 0 Å². The molecule has 0 spiro atoms. The van der Waals surface area contributed by atoms with Crippen LogP contribution in [0.2, 0.25) is 0 Å². The summed E-state index contributed by atoms with van der Waals surface area (Å²) in [5.74, 6) is 1.72. The van der Waals surface area contributed by atoms with Crippen molar-refractivity contribution in [2.45, 2.75) is 45.4 Å². The van der Waals surface area contributed by atoms with Gasteiger partial charge >= 0.3 is 0 Å². The van der Waals surface area contributed by atoms with Crippen molar-refractivity contribution in [3.05, 3.63) is 65.2 Å². The fraction of sp³-hybridized carbons (Fsp3) is 0.480. The number of hydrogen-bond acceptors (Lipinski definition) is 3. The summed E-state index contributed by atoms with van der Waals surface area (Å²) in [4.78, 5) is 13.9. The van der Waals surface area contributed by atoms with Crippen LogP contribution in [0.3, 0.4) is 0 Å². The number of ether oxygens (including phenoxy) is 1. The monoisotopic (exact) mass is 381 g/mol. The average molecular weight is 382 g/mol. The molecule has 28 heavy (non-hydrogen) atoms. The first kappa shape index (κ1) is 22.2. The topological polar surface area (TPSA) is 29.5 Å². The Morgan fingerprint density at radius 1 is 0.964 bits per heavy atom. The molecule has 2 aromatic rings. The van der Waals surface area contributed by atoms with Crippen LogP contribution in [0.1, 0.15) is 55.7 Å². The normalized spacial score (nSPS) is 13.5. The molecule has 0 aliphatic heterocycles. The summed E-state index contributed by atoms with van der Waals surface area (Å²) in [5.41, 5.74) is 3.75. The van der Waals surface area contributed by atoms with E-state index < -0.39 is 0 Å². The van der Waals surface area contributed by atoms with Gasteiger partial charge in [-0.1, -0.05) is 57.2 Å². The first-order valence-corrected chi connectivity index (χ1v) is 10.3. The van der Waals surface area contributed by atoms with E-state index in [0.717, 1.165) is 31.4 Å². The van der Waals surface area contributed by atoms with Crippen LogP contribution in [0.15, 0.2) is 48.5 Å². The van der Waals surface area contributed by atoms with Gasteiger partial charge in [0.15, 0.2) is 0 Å². The van der Waals surface area contributed by atoms with Crippen LogP contribution >= 0.6 is 0 Å². The summed E-state index contributed by atoms with van der Waals surface area (Å²) in [6.45, 7) is 8.21. The molecule has 0 aromatic heterocycles. The van der Waals surface area contributed by atoms with E-state index in [-0.39, 0.29) is 5.92 Å². The maximum Gasteiger partial charge on any atom is 0.127 e. The molecular weight excluding hydrogens is 346 g/mol. The van der Waals surface area contributed by atoms with Gasteiger partial charge in [0, 0.05) is 12.5 Å². The Hall–Kier alpha value is -2.13. The number of carbonyl (C=O) groups excluding carboxylic acids is 1. The van der Waals surface area contributed by atoms with Crippen molar-refractivity contribution in [2.24, 2.45) is 5.92 Å². The molecular formula is C25H35NO2. The van der Waals surface area contributed by atoms with Crippen LogP contribution in [0.5, 0.6) is 5.75 Å². The molecule has 3 nitrogen and oxygen atoms in total. The quantitative estimate of drug-likeness (QED) is 0.495. The van der Waals surface area contributed by atoms with Crippen LogP contribution in [0, 0.1) is 5.92 Å². The van der Waals surface area contributed by atoms with Crippen molar-refractivity contribution in [3.8, 4) is 5.75 Å². The Bertz CT molecular complexity index is 722. The van der Waals surface area contributed by atoms with Crippen molar-refractivity contribution in [1.29, 1.82) is 0 Å². The van der Waals surface area contributed by atoms with Crippen molar-refractivity contribution < 1.29 is 9.53 Å². The second kappa shape index (κ2) is 11.0. The molecule has 2 atom stereocenters. The van der Waals surface area contributed by atoms with Crippen LogP contribution in [-0.4, -0.2) is 38.4 Å². The molecule has 0 N–H and O–H groups in total. The van der Waals surface area contributed by atoms with Gasteiger partial charge in [0.25, 0.3) is 0 Å². The molecule has 2 unspecified atom stereocenters. The van der Waals surface area contributed by atoms with Crippen molar-refractivity contribution in [2.75, 3.05) is 27.2 Å². The highest BCUT2D eigenvalue weighted by atomic mass is 16.5. The first-order valence-electron chi connectivity index (χ1n) is 10.3. The van der Waals surface area contributed by atoms with Crippen LogP contribution < -0.4 is 4.74 Å². The molecule has 3 heteroatoms. The molecule has 0 bridgehead atoms. The largest absolute Gasteiger partial charge is 0.492 e. The Morgan fingerprint density at radius 2 is 1.61 bits per heavy atom. The van der Waals surface area contributed by atoms with E-state index in [4.69, 9.17) is 4.74 Å². The maximum absolute atomic E-state index is 11.8. The van der Waals surface area contributed by atoms with Crippen molar-refractivity contribution in [1.82, 2.24) is 4.90 Å². The second-order valence-corrected chi connectivity index (χ2v) is 8.37. The number of aldehydes is 1. The molecule has 0 amide bonds. The van der Waals surface area contributed by atoms with E-state index in [0.29, 0.717) is 18.4 Å². The summed E-state index contributed by atoms with van der Waals surface area (Å²) in [5, 5.41) is 0. The van der Waals surface area contributed by atoms with Crippen LogP contribution in [0.4, 0.5) is 0 Å². The highest BCUT2D eigenvalue weighted by molar-refractivity contribution is 5.63. The average Bonchev–Trinajstić information content (AvgIpc) is 2.67. The van der Waals surface area contributed by atoms with Gasteiger partial charge in [-0.3, -0.25) is 0 Å².